The summed E-state index contributed by atoms with van der Waals surface area (Å²) in [5.74, 6) is 1.24. The number of methoxy groups -OCH3 is 3. The highest BCUT2D eigenvalue weighted by Gasteiger charge is 2.19. The van der Waals surface area contributed by atoms with Crippen LogP contribution in [0.3, 0.4) is 0 Å². The molecule has 5 heteroatoms. The number of hydrogen-bond donors (Lipinski definition) is 0. The molecule has 0 saturated carbocycles. The van der Waals surface area contributed by atoms with Crippen molar-refractivity contribution < 1.29 is 14.2 Å². The molecule has 0 aromatic heterocycles. The summed E-state index contributed by atoms with van der Waals surface area (Å²) in [6, 6.07) is 13.4. The van der Waals surface area contributed by atoms with E-state index in [1.165, 1.54) is 0 Å². The molecule has 0 amide bonds. The first kappa shape index (κ1) is 17.0. The minimum Gasteiger partial charge on any atom is -0.493 e. The fourth-order valence-electron chi connectivity index (χ4n) is 2.44. The van der Waals surface area contributed by atoms with Crippen LogP contribution in [0, 0.1) is 11.3 Å². The summed E-state index contributed by atoms with van der Waals surface area (Å²) in [6.45, 7) is 0. The van der Waals surface area contributed by atoms with E-state index in [-0.39, 0.29) is 5.92 Å². The molecule has 0 N–H and O–H groups in total. The van der Waals surface area contributed by atoms with Crippen LogP contribution in [0.15, 0.2) is 36.4 Å². The molecule has 0 aliphatic heterocycles. The van der Waals surface area contributed by atoms with E-state index in [0.29, 0.717) is 28.7 Å². The largest absolute Gasteiger partial charge is 0.493 e. The molecule has 1 unspecified atom stereocenters. The summed E-state index contributed by atoms with van der Waals surface area (Å²) in [4.78, 5) is 0. The SMILES string of the molecule is COc1cc(C(C#N)Cc2cccc(Cl)c2)cc(OC)c1OC. The first-order chi connectivity index (χ1) is 11.1. The Morgan fingerprint density at radius 3 is 2.17 bits per heavy atom. The van der Waals surface area contributed by atoms with E-state index in [4.69, 9.17) is 25.8 Å². The highest BCUT2D eigenvalue weighted by atomic mass is 35.5. The van der Waals surface area contributed by atoms with Crippen LogP contribution < -0.4 is 14.2 Å². The van der Waals surface area contributed by atoms with E-state index in [0.717, 1.165) is 11.1 Å². The average Bonchev–Trinajstić information content (AvgIpc) is 2.58. The van der Waals surface area contributed by atoms with Crippen molar-refractivity contribution in [3.05, 3.63) is 52.5 Å². The van der Waals surface area contributed by atoms with Gasteiger partial charge in [0.25, 0.3) is 0 Å². The Kier molecular flexibility index (Phi) is 5.72. The van der Waals surface area contributed by atoms with Gasteiger partial charge < -0.3 is 14.2 Å². The maximum absolute atomic E-state index is 9.57. The molecular weight excluding hydrogens is 314 g/mol. The topological polar surface area (TPSA) is 51.5 Å². The van der Waals surface area contributed by atoms with Crippen LogP contribution in [0.1, 0.15) is 17.0 Å². The summed E-state index contributed by atoms with van der Waals surface area (Å²) >= 11 is 6.01. The third kappa shape index (κ3) is 3.88. The smallest absolute Gasteiger partial charge is 0.203 e. The second kappa shape index (κ2) is 7.75. The lowest BCUT2D eigenvalue weighted by Gasteiger charge is -2.16. The van der Waals surface area contributed by atoms with Crippen LogP contribution in [0.4, 0.5) is 0 Å². The summed E-state index contributed by atoms with van der Waals surface area (Å²) < 4.78 is 16.0. The van der Waals surface area contributed by atoms with E-state index >= 15 is 0 Å². The standard InChI is InChI=1S/C18H18ClNO3/c1-21-16-9-13(10-17(22-2)18(16)23-3)14(11-20)7-12-5-4-6-15(19)8-12/h4-6,8-10,14H,7H2,1-3H3. The molecule has 0 radical (unpaired) electrons. The minimum atomic E-state index is -0.345. The Morgan fingerprint density at radius 2 is 1.70 bits per heavy atom. The van der Waals surface area contributed by atoms with E-state index in [1.807, 2.05) is 24.3 Å². The van der Waals surface area contributed by atoms with Crippen molar-refractivity contribution in [2.75, 3.05) is 21.3 Å². The molecule has 0 saturated heterocycles. The first-order valence-corrected chi connectivity index (χ1v) is 7.44. The van der Waals surface area contributed by atoms with Crippen molar-refractivity contribution in [1.29, 1.82) is 5.26 Å². The maximum Gasteiger partial charge on any atom is 0.203 e. The van der Waals surface area contributed by atoms with Crippen LogP contribution >= 0.6 is 11.6 Å². The molecule has 0 heterocycles. The molecule has 2 aromatic rings. The molecule has 2 rings (SSSR count). The molecular formula is C18H18ClNO3. The fraction of sp³-hybridized carbons (Fsp3) is 0.278. The fourth-order valence-corrected chi connectivity index (χ4v) is 2.65. The van der Waals surface area contributed by atoms with Gasteiger partial charge in [-0.1, -0.05) is 23.7 Å². The zero-order valence-corrected chi connectivity index (χ0v) is 14.1. The van der Waals surface area contributed by atoms with E-state index in [2.05, 4.69) is 6.07 Å². The minimum absolute atomic E-state index is 0.345. The second-order valence-electron chi connectivity index (χ2n) is 4.97. The highest BCUT2D eigenvalue weighted by molar-refractivity contribution is 6.30. The van der Waals surface area contributed by atoms with Crippen LogP contribution in [0.2, 0.25) is 5.02 Å². The van der Waals surface area contributed by atoms with Gasteiger partial charge in [0, 0.05) is 5.02 Å². The Morgan fingerprint density at radius 1 is 1.04 bits per heavy atom. The molecule has 4 nitrogen and oxygen atoms in total. The van der Waals surface area contributed by atoms with Crippen molar-refractivity contribution in [3.8, 4) is 23.3 Å². The summed E-state index contributed by atoms with van der Waals surface area (Å²) in [7, 11) is 4.66. The molecule has 23 heavy (non-hydrogen) atoms. The molecule has 0 aliphatic rings. The van der Waals surface area contributed by atoms with Crippen molar-refractivity contribution in [2.45, 2.75) is 12.3 Å². The van der Waals surface area contributed by atoms with E-state index in [1.54, 1.807) is 33.5 Å². The Hall–Kier alpha value is -2.38. The Labute approximate surface area is 141 Å². The van der Waals surface area contributed by atoms with Crippen LogP contribution in [-0.2, 0) is 6.42 Å². The van der Waals surface area contributed by atoms with Gasteiger partial charge in [-0.3, -0.25) is 0 Å². The van der Waals surface area contributed by atoms with Crippen molar-refractivity contribution in [1.82, 2.24) is 0 Å². The monoisotopic (exact) mass is 331 g/mol. The molecule has 1 atom stereocenters. The third-order valence-corrected chi connectivity index (χ3v) is 3.81. The maximum atomic E-state index is 9.57. The third-order valence-electron chi connectivity index (χ3n) is 3.57. The van der Waals surface area contributed by atoms with Gasteiger partial charge in [0.2, 0.25) is 5.75 Å². The normalized spacial score (nSPS) is 11.4. The van der Waals surface area contributed by atoms with Crippen molar-refractivity contribution >= 4 is 11.6 Å². The predicted molar refractivity (Wildman–Crippen MR) is 89.6 cm³/mol. The van der Waals surface area contributed by atoms with Crippen LogP contribution in [0.5, 0.6) is 17.2 Å². The molecule has 0 fully saturated rings. The van der Waals surface area contributed by atoms with Gasteiger partial charge in [-0.05, 0) is 41.8 Å². The summed E-state index contributed by atoms with van der Waals surface area (Å²) in [6.07, 6.45) is 0.551. The second-order valence-corrected chi connectivity index (χ2v) is 5.41. The lowest BCUT2D eigenvalue weighted by molar-refractivity contribution is 0.323. The number of benzene rings is 2. The molecule has 0 aliphatic carbocycles. The molecule has 2 aromatic carbocycles. The zero-order chi connectivity index (χ0) is 16.8. The van der Waals surface area contributed by atoms with E-state index in [9.17, 15) is 5.26 Å². The summed E-state index contributed by atoms with van der Waals surface area (Å²) in [5.41, 5.74) is 1.81. The summed E-state index contributed by atoms with van der Waals surface area (Å²) in [5, 5.41) is 10.2. The average molecular weight is 332 g/mol. The van der Waals surface area contributed by atoms with Gasteiger partial charge in [-0.2, -0.15) is 5.26 Å². The number of halogens is 1. The van der Waals surface area contributed by atoms with Gasteiger partial charge in [-0.15, -0.1) is 0 Å². The van der Waals surface area contributed by atoms with Crippen LogP contribution in [-0.4, -0.2) is 21.3 Å². The van der Waals surface area contributed by atoms with Gasteiger partial charge >= 0.3 is 0 Å². The molecule has 0 spiro atoms. The van der Waals surface area contributed by atoms with Gasteiger partial charge in [0.05, 0.1) is 33.3 Å². The van der Waals surface area contributed by atoms with E-state index < -0.39 is 0 Å². The van der Waals surface area contributed by atoms with Gasteiger partial charge in [0.15, 0.2) is 11.5 Å². The number of hydrogen-bond acceptors (Lipinski definition) is 4. The Balaban J connectivity index is 2.40. The zero-order valence-electron chi connectivity index (χ0n) is 13.3. The van der Waals surface area contributed by atoms with Crippen molar-refractivity contribution in [2.24, 2.45) is 0 Å². The lowest BCUT2D eigenvalue weighted by atomic mass is 9.92. The highest BCUT2D eigenvalue weighted by Crippen LogP contribution is 2.40. The number of ether oxygens (including phenoxy) is 3. The van der Waals surface area contributed by atoms with Gasteiger partial charge in [-0.25, -0.2) is 0 Å². The Bertz CT molecular complexity index is 699. The number of nitriles is 1. The molecule has 120 valence electrons. The first-order valence-electron chi connectivity index (χ1n) is 7.06. The molecule has 0 bridgehead atoms. The number of rotatable bonds is 6. The van der Waals surface area contributed by atoms with Gasteiger partial charge in [0.1, 0.15) is 0 Å². The number of nitrogens with zero attached hydrogens (tertiary/aromatic N) is 1. The lowest BCUT2D eigenvalue weighted by Crippen LogP contribution is -2.03. The quantitative estimate of drug-likeness (QED) is 0.795. The van der Waals surface area contributed by atoms with Crippen LogP contribution in [0.25, 0.3) is 0 Å². The predicted octanol–water partition coefficient (Wildman–Crippen LogP) is 4.22. The van der Waals surface area contributed by atoms with Crippen molar-refractivity contribution in [3.63, 3.8) is 0 Å².